The van der Waals surface area contributed by atoms with E-state index in [0.29, 0.717) is 0 Å². The maximum atomic E-state index is 5.03. The zero-order chi connectivity index (χ0) is 14.8. The number of pyridine rings is 1. The van der Waals surface area contributed by atoms with E-state index >= 15 is 0 Å². The van der Waals surface area contributed by atoms with E-state index in [1.807, 2.05) is 0 Å². The van der Waals surface area contributed by atoms with Gasteiger partial charge in [-0.2, -0.15) is 0 Å². The first kappa shape index (κ1) is 14.4. The fourth-order valence-corrected chi connectivity index (χ4v) is 3.56. The number of aromatic nitrogens is 1. The van der Waals surface area contributed by atoms with Crippen LogP contribution in [0.2, 0.25) is 0 Å². The third kappa shape index (κ3) is 2.76. The van der Waals surface area contributed by atoms with E-state index in [1.54, 1.807) is 0 Å². The maximum Gasteiger partial charge on any atom is 0.0731 e. The summed E-state index contributed by atoms with van der Waals surface area (Å²) in [5.41, 5.74) is 8.03. The topological polar surface area (TPSA) is 24.9 Å². The van der Waals surface area contributed by atoms with Crippen LogP contribution in [0.1, 0.15) is 55.0 Å². The zero-order valence-corrected chi connectivity index (χ0v) is 13.6. The number of hydrogen-bond donors (Lipinski definition) is 1. The molecule has 2 aromatic rings. The molecular weight excluding hydrogens is 256 g/mol. The molecule has 2 heteroatoms. The van der Waals surface area contributed by atoms with Gasteiger partial charge < -0.3 is 5.32 Å². The van der Waals surface area contributed by atoms with E-state index in [0.717, 1.165) is 19.4 Å². The highest BCUT2D eigenvalue weighted by Crippen LogP contribution is 2.35. The molecule has 0 spiro atoms. The van der Waals surface area contributed by atoms with E-state index in [4.69, 9.17) is 4.98 Å². The van der Waals surface area contributed by atoms with Crippen LogP contribution in [0.4, 0.5) is 5.69 Å². The summed E-state index contributed by atoms with van der Waals surface area (Å²) in [4.78, 5) is 5.03. The Bertz CT molecular complexity index is 658. The first-order valence-electron chi connectivity index (χ1n) is 8.37. The Morgan fingerprint density at radius 1 is 1.10 bits per heavy atom. The molecule has 0 saturated carbocycles. The number of fused-ring (bicyclic) bond motifs is 2. The molecule has 0 saturated heterocycles. The minimum absolute atomic E-state index is 1.04. The average molecular weight is 282 g/mol. The van der Waals surface area contributed by atoms with Gasteiger partial charge in [0.25, 0.3) is 0 Å². The number of anilines is 1. The second-order valence-corrected chi connectivity index (χ2v) is 6.38. The van der Waals surface area contributed by atoms with Crippen molar-refractivity contribution in [1.82, 2.24) is 4.98 Å². The Hall–Kier alpha value is -1.57. The van der Waals surface area contributed by atoms with E-state index in [1.165, 1.54) is 64.7 Å². The van der Waals surface area contributed by atoms with Crippen molar-refractivity contribution in [2.24, 2.45) is 0 Å². The lowest BCUT2D eigenvalue weighted by Crippen LogP contribution is -2.08. The third-order valence-corrected chi connectivity index (χ3v) is 4.51. The molecule has 112 valence electrons. The van der Waals surface area contributed by atoms with Crippen LogP contribution < -0.4 is 5.32 Å². The first-order chi connectivity index (χ1) is 10.2. The number of aryl methyl sites for hydroxylation is 3. The van der Waals surface area contributed by atoms with Crippen molar-refractivity contribution < 1.29 is 0 Å². The molecule has 2 nitrogen and oxygen atoms in total. The smallest absolute Gasteiger partial charge is 0.0731 e. The molecule has 1 N–H and O–H groups in total. The lowest BCUT2D eigenvalue weighted by atomic mass is 9.97. The van der Waals surface area contributed by atoms with Gasteiger partial charge >= 0.3 is 0 Å². The molecule has 1 aliphatic carbocycles. The van der Waals surface area contributed by atoms with Crippen molar-refractivity contribution in [3.63, 3.8) is 0 Å². The van der Waals surface area contributed by atoms with Crippen LogP contribution in [0.5, 0.6) is 0 Å². The lowest BCUT2D eigenvalue weighted by Gasteiger charge is -2.18. The summed E-state index contributed by atoms with van der Waals surface area (Å²) < 4.78 is 0. The minimum Gasteiger partial charge on any atom is -0.384 e. The van der Waals surface area contributed by atoms with Gasteiger partial charge in [-0.1, -0.05) is 19.4 Å². The summed E-state index contributed by atoms with van der Waals surface area (Å²) >= 11 is 0. The summed E-state index contributed by atoms with van der Waals surface area (Å²) in [6, 6.07) is 4.52. The summed E-state index contributed by atoms with van der Waals surface area (Å²) in [7, 11) is 0. The van der Waals surface area contributed by atoms with Crippen molar-refractivity contribution >= 4 is 16.6 Å². The molecule has 1 aromatic heterocycles. The normalized spacial score (nSPS) is 14.8. The van der Waals surface area contributed by atoms with Gasteiger partial charge in [-0.05, 0) is 68.7 Å². The molecule has 1 aliphatic rings. The number of benzene rings is 1. The minimum atomic E-state index is 1.04. The summed E-state index contributed by atoms with van der Waals surface area (Å²) in [5.74, 6) is 0. The van der Waals surface area contributed by atoms with Crippen LogP contribution in [0.15, 0.2) is 12.1 Å². The molecule has 0 fully saturated rings. The van der Waals surface area contributed by atoms with Crippen LogP contribution in [0.25, 0.3) is 10.9 Å². The van der Waals surface area contributed by atoms with Crippen molar-refractivity contribution in [3.05, 3.63) is 34.5 Å². The van der Waals surface area contributed by atoms with Crippen LogP contribution >= 0.6 is 0 Å². The molecule has 21 heavy (non-hydrogen) atoms. The van der Waals surface area contributed by atoms with Gasteiger partial charge in [0.1, 0.15) is 0 Å². The zero-order valence-electron chi connectivity index (χ0n) is 13.6. The Morgan fingerprint density at radius 3 is 2.71 bits per heavy atom. The molecule has 0 amide bonds. The number of nitrogens with zero attached hydrogens (tertiary/aromatic N) is 1. The van der Waals surface area contributed by atoms with Gasteiger partial charge in [0.2, 0.25) is 0 Å². The van der Waals surface area contributed by atoms with Crippen LogP contribution in [0, 0.1) is 13.8 Å². The highest BCUT2D eigenvalue weighted by atomic mass is 14.9. The molecule has 1 aromatic carbocycles. The van der Waals surface area contributed by atoms with Crippen molar-refractivity contribution in [3.8, 4) is 0 Å². The Labute approximate surface area is 128 Å². The quantitative estimate of drug-likeness (QED) is 0.806. The van der Waals surface area contributed by atoms with Crippen LogP contribution in [-0.2, 0) is 12.8 Å². The molecule has 3 rings (SSSR count). The monoisotopic (exact) mass is 282 g/mol. The molecule has 1 heterocycles. The first-order valence-corrected chi connectivity index (χ1v) is 8.37. The molecule has 0 aliphatic heterocycles. The van der Waals surface area contributed by atoms with Gasteiger partial charge in [0, 0.05) is 23.3 Å². The van der Waals surface area contributed by atoms with Crippen LogP contribution in [-0.4, -0.2) is 11.5 Å². The summed E-state index contributed by atoms with van der Waals surface area (Å²) in [6.45, 7) is 7.65. The number of rotatable bonds is 3. The number of hydrogen-bond acceptors (Lipinski definition) is 2. The van der Waals surface area contributed by atoms with Crippen molar-refractivity contribution in [2.75, 3.05) is 11.9 Å². The van der Waals surface area contributed by atoms with E-state index in [9.17, 15) is 0 Å². The van der Waals surface area contributed by atoms with Crippen molar-refractivity contribution in [2.45, 2.75) is 59.3 Å². The van der Waals surface area contributed by atoms with E-state index < -0.39 is 0 Å². The Kier molecular flexibility index (Phi) is 4.14. The second kappa shape index (κ2) is 6.05. The van der Waals surface area contributed by atoms with Crippen LogP contribution in [0.3, 0.4) is 0 Å². The third-order valence-electron chi connectivity index (χ3n) is 4.51. The maximum absolute atomic E-state index is 5.03. The molecule has 0 atom stereocenters. The molecule has 0 radical (unpaired) electrons. The number of nitrogens with one attached hydrogen (secondary N) is 1. The van der Waals surface area contributed by atoms with E-state index in [2.05, 4.69) is 38.2 Å². The standard InChI is InChI=1S/C19H26N2/c1-4-10-20-19-15-8-6-5-7-9-16(15)21-17-12-13(2)11-14(3)18(17)19/h11-12H,4-10H2,1-3H3,(H,20,21). The predicted octanol–water partition coefficient (Wildman–Crippen LogP) is 4.94. The largest absolute Gasteiger partial charge is 0.384 e. The van der Waals surface area contributed by atoms with Gasteiger partial charge in [0.05, 0.1) is 5.52 Å². The average Bonchev–Trinajstić information content (AvgIpc) is 2.68. The second-order valence-electron chi connectivity index (χ2n) is 6.38. The van der Waals surface area contributed by atoms with Gasteiger partial charge in [0.15, 0.2) is 0 Å². The molecule has 0 bridgehead atoms. The molecule has 0 unspecified atom stereocenters. The fraction of sp³-hybridized carbons (Fsp3) is 0.526. The van der Waals surface area contributed by atoms with E-state index in [-0.39, 0.29) is 0 Å². The van der Waals surface area contributed by atoms with Crippen molar-refractivity contribution in [1.29, 1.82) is 0 Å². The molecular formula is C19H26N2. The fourth-order valence-electron chi connectivity index (χ4n) is 3.56. The predicted molar refractivity (Wildman–Crippen MR) is 91.3 cm³/mol. The van der Waals surface area contributed by atoms with Gasteiger partial charge in [-0.15, -0.1) is 0 Å². The Morgan fingerprint density at radius 2 is 1.90 bits per heavy atom. The Balaban J connectivity index is 2.26. The van der Waals surface area contributed by atoms with Gasteiger partial charge in [-0.3, -0.25) is 4.98 Å². The van der Waals surface area contributed by atoms with Gasteiger partial charge in [-0.25, -0.2) is 0 Å². The lowest BCUT2D eigenvalue weighted by molar-refractivity contribution is 0.709. The summed E-state index contributed by atoms with van der Waals surface area (Å²) in [6.07, 6.45) is 7.38. The SMILES string of the molecule is CCCNc1c2c(nc3cc(C)cc(C)c13)CCCCC2. The summed E-state index contributed by atoms with van der Waals surface area (Å²) in [5, 5.41) is 5.06. The highest BCUT2D eigenvalue weighted by molar-refractivity contribution is 5.96. The highest BCUT2D eigenvalue weighted by Gasteiger charge is 2.18.